The van der Waals surface area contributed by atoms with E-state index in [1.165, 1.54) is 6.42 Å². The zero-order chi connectivity index (χ0) is 17.1. The van der Waals surface area contributed by atoms with Crippen molar-refractivity contribution in [1.82, 2.24) is 25.7 Å². The van der Waals surface area contributed by atoms with Crippen LogP contribution in [0.15, 0.2) is 9.52 Å². The molecule has 0 saturated carbocycles. The second kappa shape index (κ2) is 11.0. The summed E-state index contributed by atoms with van der Waals surface area (Å²) in [4.78, 5) is 10.9. The van der Waals surface area contributed by atoms with Crippen LogP contribution in [0.3, 0.4) is 0 Å². The summed E-state index contributed by atoms with van der Waals surface area (Å²) in [7, 11) is 1.79. The van der Waals surface area contributed by atoms with Gasteiger partial charge < -0.3 is 20.1 Å². The van der Waals surface area contributed by atoms with Gasteiger partial charge in [0.1, 0.15) is 0 Å². The lowest BCUT2D eigenvalue weighted by atomic mass is 10.2. The van der Waals surface area contributed by atoms with E-state index in [0.29, 0.717) is 30.7 Å². The minimum atomic E-state index is 0.391. The van der Waals surface area contributed by atoms with Crippen LogP contribution in [0, 0.1) is 6.92 Å². The molecule has 0 aliphatic carbocycles. The Morgan fingerprint density at radius 1 is 1.35 bits per heavy atom. The molecule has 0 radical (unpaired) electrons. The lowest BCUT2D eigenvalue weighted by Gasteiger charge is -2.21. The lowest BCUT2D eigenvalue weighted by Crippen LogP contribution is -2.43. The molecule has 0 fully saturated rings. The number of nitrogens with one attached hydrogen (secondary N) is 2. The first-order valence-corrected chi connectivity index (χ1v) is 8.57. The first kappa shape index (κ1) is 19.4. The molecule has 0 aromatic carbocycles. The molecule has 2 N–H and O–H groups in total. The van der Waals surface area contributed by atoms with Crippen LogP contribution in [-0.2, 0) is 6.42 Å². The Hall–Kier alpha value is -1.63. The predicted molar refractivity (Wildman–Crippen MR) is 93.7 cm³/mol. The first-order chi connectivity index (χ1) is 11.1. The number of rotatable bonds is 10. The van der Waals surface area contributed by atoms with Gasteiger partial charge in [-0.25, -0.2) is 0 Å². The number of nitrogens with zero attached hydrogens (tertiary/aromatic N) is 4. The number of guanidine groups is 1. The van der Waals surface area contributed by atoms with Gasteiger partial charge in [0.25, 0.3) is 0 Å². The fourth-order valence-electron chi connectivity index (χ4n) is 2.39. The van der Waals surface area contributed by atoms with E-state index in [1.54, 1.807) is 7.05 Å². The Morgan fingerprint density at radius 3 is 2.65 bits per heavy atom. The average molecular weight is 324 g/mol. The highest BCUT2D eigenvalue weighted by Gasteiger charge is 2.07. The van der Waals surface area contributed by atoms with Gasteiger partial charge in [-0.05, 0) is 46.3 Å². The summed E-state index contributed by atoms with van der Waals surface area (Å²) in [5, 5.41) is 10.5. The SMILES string of the molecule is CCN(CC)CCCC(C)NC(=NC)NCCc1nc(C)no1. The maximum atomic E-state index is 5.09. The minimum absolute atomic E-state index is 0.391. The van der Waals surface area contributed by atoms with E-state index in [4.69, 9.17) is 4.52 Å². The fraction of sp³-hybridized carbons (Fsp3) is 0.812. The molecule has 0 amide bonds. The Balaban J connectivity index is 2.21. The van der Waals surface area contributed by atoms with Gasteiger partial charge in [-0.2, -0.15) is 4.98 Å². The van der Waals surface area contributed by atoms with E-state index >= 15 is 0 Å². The maximum absolute atomic E-state index is 5.09. The lowest BCUT2D eigenvalue weighted by molar-refractivity contribution is 0.292. The zero-order valence-corrected chi connectivity index (χ0v) is 15.2. The number of hydrogen-bond acceptors (Lipinski definition) is 5. The fourth-order valence-corrected chi connectivity index (χ4v) is 2.39. The largest absolute Gasteiger partial charge is 0.356 e. The van der Waals surface area contributed by atoms with Gasteiger partial charge in [-0.15, -0.1) is 0 Å². The van der Waals surface area contributed by atoms with Crippen LogP contribution in [0.5, 0.6) is 0 Å². The van der Waals surface area contributed by atoms with Crippen molar-refractivity contribution < 1.29 is 4.52 Å². The second-order valence-corrected chi connectivity index (χ2v) is 5.70. The molecular weight excluding hydrogens is 292 g/mol. The van der Waals surface area contributed by atoms with Crippen LogP contribution in [-0.4, -0.2) is 60.3 Å². The van der Waals surface area contributed by atoms with Crippen molar-refractivity contribution in [3.8, 4) is 0 Å². The first-order valence-electron chi connectivity index (χ1n) is 8.57. The van der Waals surface area contributed by atoms with Crippen molar-refractivity contribution in [2.24, 2.45) is 4.99 Å². The number of aromatic nitrogens is 2. The van der Waals surface area contributed by atoms with Crippen LogP contribution >= 0.6 is 0 Å². The third-order valence-corrected chi connectivity index (χ3v) is 3.81. The van der Waals surface area contributed by atoms with Crippen molar-refractivity contribution >= 4 is 5.96 Å². The van der Waals surface area contributed by atoms with Crippen LogP contribution in [0.25, 0.3) is 0 Å². The van der Waals surface area contributed by atoms with Gasteiger partial charge in [0, 0.05) is 26.1 Å². The summed E-state index contributed by atoms with van der Waals surface area (Å²) in [6, 6.07) is 0.391. The molecule has 1 unspecified atom stereocenters. The highest BCUT2D eigenvalue weighted by molar-refractivity contribution is 5.79. The monoisotopic (exact) mass is 324 g/mol. The molecule has 0 bridgehead atoms. The normalized spacial score (nSPS) is 13.4. The van der Waals surface area contributed by atoms with Crippen molar-refractivity contribution in [2.45, 2.75) is 53.0 Å². The molecule has 7 heteroatoms. The molecule has 1 aromatic heterocycles. The van der Waals surface area contributed by atoms with Crippen molar-refractivity contribution in [2.75, 3.05) is 33.2 Å². The topological polar surface area (TPSA) is 78.6 Å². The average Bonchev–Trinajstić information content (AvgIpc) is 2.96. The van der Waals surface area contributed by atoms with Crippen LogP contribution < -0.4 is 10.6 Å². The van der Waals surface area contributed by atoms with Crippen LogP contribution in [0.4, 0.5) is 0 Å². The van der Waals surface area contributed by atoms with E-state index in [0.717, 1.165) is 32.0 Å². The van der Waals surface area contributed by atoms with Gasteiger partial charge >= 0.3 is 0 Å². The van der Waals surface area contributed by atoms with Gasteiger partial charge in [-0.3, -0.25) is 4.99 Å². The van der Waals surface area contributed by atoms with E-state index in [9.17, 15) is 0 Å². The molecule has 7 nitrogen and oxygen atoms in total. The molecule has 1 heterocycles. The van der Waals surface area contributed by atoms with Crippen LogP contribution in [0.1, 0.15) is 45.3 Å². The third-order valence-electron chi connectivity index (χ3n) is 3.81. The summed E-state index contributed by atoms with van der Waals surface area (Å²) in [5.41, 5.74) is 0. The summed E-state index contributed by atoms with van der Waals surface area (Å²) in [5.74, 6) is 2.14. The van der Waals surface area contributed by atoms with Crippen molar-refractivity contribution in [3.63, 3.8) is 0 Å². The molecule has 1 rings (SSSR count). The van der Waals surface area contributed by atoms with Gasteiger partial charge in [0.05, 0.1) is 0 Å². The summed E-state index contributed by atoms with van der Waals surface area (Å²) >= 11 is 0. The van der Waals surface area contributed by atoms with E-state index in [2.05, 4.69) is 51.4 Å². The molecule has 0 saturated heterocycles. The third kappa shape index (κ3) is 7.97. The van der Waals surface area contributed by atoms with Gasteiger partial charge in [0.2, 0.25) is 5.89 Å². The Labute approximate surface area is 139 Å². The number of hydrogen-bond donors (Lipinski definition) is 2. The molecule has 0 aliphatic rings. The van der Waals surface area contributed by atoms with E-state index in [-0.39, 0.29) is 0 Å². The highest BCUT2D eigenvalue weighted by Crippen LogP contribution is 2.00. The summed E-state index contributed by atoms with van der Waals surface area (Å²) in [6.45, 7) is 12.5. The highest BCUT2D eigenvalue weighted by atomic mass is 16.5. The number of aliphatic imine (C=N–C) groups is 1. The predicted octanol–water partition coefficient (Wildman–Crippen LogP) is 1.60. The smallest absolute Gasteiger partial charge is 0.228 e. The molecule has 23 heavy (non-hydrogen) atoms. The molecular formula is C16H32N6O. The zero-order valence-electron chi connectivity index (χ0n) is 15.2. The van der Waals surface area contributed by atoms with Gasteiger partial charge in [0.15, 0.2) is 11.8 Å². The standard InChI is InChI=1S/C16H32N6O/c1-6-22(7-2)12-8-9-13(3)19-16(17-5)18-11-10-15-20-14(4)21-23-15/h13H,6-12H2,1-5H3,(H2,17,18,19). The van der Waals surface area contributed by atoms with Crippen LogP contribution in [0.2, 0.25) is 0 Å². The molecule has 1 atom stereocenters. The molecule has 0 spiro atoms. The van der Waals surface area contributed by atoms with Gasteiger partial charge in [-0.1, -0.05) is 19.0 Å². The second-order valence-electron chi connectivity index (χ2n) is 5.70. The van der Waals surface area contributed by atoms with Crippen molar-refractivity contribution in [1.29, 1.82) is 0 Å². The summed E-state index contributed by atoms with van der Waals surface area (Å²) < 4.78 is 5.09. The quantitative estimate of drug-likeness (QED) is 0.503. The van der Waals surface area contributed by atoms with E-state index in [1.807, 2.05) is 6.92 Å². The Morgan fingerprint density at radius 2 is 2.09 bits per heavy atom. The van der Waals surface area contributed by atoms with E-state index < -0.39 is 0 Å². The number of aryl methyl sites for hydroxylation is 1. The van der Waals surface area contributed by atoms with Crippen molar-refractivity contribution in [3.05, 3.63) is 11.7 Å². The molecule has 0 aliphatic heterocycles. The Kier molecular flexibility index (Phi) is 9.28. The Bertz CT molecular complexity index is 455. The molecule has 132 valence electrons. The maximum Gasteiger partial charge on any atom is 0.228 e. The molecule has 1 aromatic rings. The minimum Gasteiger partial charge on any atom is -0.356 e. The summed E-state index contributed by atoms with van der Waals surface area (Å²) in [6.07, 6.45) is 3.01.